The van der Waals surface area contributed by atoms with Gasteiger partial charge < -0.3 is 9.80 Å². The van der Waals surface area contributed by atoms with Crippen molar-refractivity contribution in [3.8, 4) is 0 Å². The van der Waals surface area contributed by atoms with Crippen LogP contribution in [0.3, 0.4) is 0 Å². The van der Waals surface area contributed by atoms with Crippen molar-refractivity contribution < 1.29 is 0 Å². The first-order valence-corrected chi connectivity index (χ1v) is 10.4. The van der Waals surface area contributed by atoms with E-state index in [-0.39, 0.29) is 0 Å². The number of likely N-dealkylation sites (N-methyl/N-ethyl adjacent to an activating group) is 1. The third-order valence-electron chi connectivity index (χ3n) is 4.64. The van der Waals surface area contributed by atoms with Crippen molar-refractivity contribution in [2.24, 2.45) is 0 Å². The third kappa shape index (κ3) is 4.61. The lowest BCUT2D eigenvalue weighted by Gasteiger charge is -2.31. The van der Waals surface area contributed by atoms with Gasteiger partial charge in [0, 0.05) is 50.7 Å². The molecule has 1 fully saturated rings. The van der Waals surface area contributed by atoms with Crippen molar-refractivity contribution in [1.82, 2.24) is 19.8 Å². The van der Waals surface area contributed by atoms with Gasteiger partial charge >= 0.3 is 0 Å². The molecule has 0 bridgehead atoms. The number of thiophene rings is 1. The Bertz CT molecular complexity index is 690. The number of hydrogen-bond donors (Lipinski definition) is 0. The van der Waals surface area contributed by atoms with E-state index in [1.165, 1.54) is 9.58 Å². The highest BCUT2D eigenvalue weighted by Crippen LogP contribution is 2.34. The summed E-state index contributed by atoms with van der Waals surface area (Å²) >= 11 is 8.05. The van der Waals surface area contributed by atoms with Gasteiger partial charge in [0.2, 0.25) is 5.28 Å². The molecule has 1 saturated heterocycles. The van der Waals surface area contributed by atoms with Crippen LogP contribution in [0.1, 0.15) is 31.6 Å². The molecule has 3 rings (SSSR count). The summed E-state index contributed by atoms with van der Waals surface area (Å²) in [6.45, 7) is 11.9. The first kappa shape index (κ1) is 18.8. The highest BCUT2D eigenvalue weighted by atomic mass is 35.5. The molecule has 0 N–H and O–H groups in total. The molecule has 0 spiro atoms. The predicted octanol–water partition coefficient (Wildman–Crippen LogP) is 3.72. The molecule has 0 radical (unpaired) electrons. The van der Waals surface area contributed by atoms with Gasteiger partial charge in [-0.05, 0) is 37.6 Å². The van der Waals surface area contributed by atoms with Gasteiger partial charge in [-0.1, -0.05) is 13.8 Å². The topological polar surface area (TPSA) is 35.5 Å². The molecule has 1 aliphatic rings. The maximum Gasteiger partial charge on any atom is 0.224 e. The maximum absolute atomic E-state index is 6.23. The number of fused-ring (bicyclic) bond motifs is 1. The van der Waals surface area contributed by atoms with Gasteiger partial charge in [0.1, 0.15) is 0 Å². The standard InChI is InChI=1S/C18H28ClN5S/c1-4-6-24(7-5-2)17-16-15(20-18(19)21-17)12-14(25-16)13-23-10-8-22(3)9-11-23/h12H,4-11,13H2,1-3H3. The number of aromatic nitrogens is 2. The van der Waals surface area contributed by atoms with Crippen LogP contribution >= 0.6 is 22.9 Å². The molecule has 0 aromatic carbocycles. The molecule has 7 heteroatoms. The summed E-state index contributed by atoms with van der Waals surface area (Å²) in [6.07, 6.45) is 2.20. The molecule has 0 atom stereocenters. The van der Waals surface area contributed by atoms with Crippen LogP contribution in [-0.2, 0) is 6.54 Å². The Morgan fingerprint density at radius 2 is 1.80 bits per heavy atom. The Morgan fingerprint density at radius 1 is 1.12 bits per heavy atom. The fourth-order valence-electron chi connectivity index (χ4n) is 3.32. The van der Waals surface area contributed by atoms with Crippen LogP contribution in [0.2, 0.25) is 5.28 Å². The number of piperazine rings is 1. The highest BCUT2D eigenvalue weighted by molar-refractivity contribution is 7.19. The van der Waals surface area contributed by atoms with Gasteiger partial charge in [0.25, 0.3) is 0 Å². The smallest absolute Gasteiger partial charge is 0.224 e. The summed E-state index contributed by atoms with van der Waals surface area (Å²) in [4.78, 5) is 17.7. The monoisotopic (exact) mass is 381 g/mol. The zero-order chi connectivity index (χ0) is 17.8. The molecule has 0 unspecified atom stereocenters. The molecular formula is C18H28ClN5S. The fraction of sp³-hybridized carbons (Fsp3) is 0.667. The number of anilines is 1. The van der Waals surface area contributed by atoms with Gasteiger partial charge in [-0.25, -0.2) is 4.98 Å². The number of halogens is 1. The van der Waals surface area contributed by atoms with Crippen LogP contribution in [0.4, 0.5) is 5.82 Å². The quantitative estimate of drug-likeness (QED) is 0.683. The summed E-state index contributed by atoms with van der Waals surface area (Å²) < 4.78 is 1.18. The Labute approximate surface area is 159 Å². The second-order valence-electron chi connectivity index (χ2n) is 6.81. The fourth-order valence-corrected chi connectivity index (χ4v) is 4.64. The average molecular weight is 382 g/mol. The van der Waals surface area contributed by atoms with Crippen LogP contribution < -0.4 is 4.90 Å². The van der Waals surface area contributed by atoms with E-state index in [2.05, 4.69) is 51.6 Å². The van der Waals surface area contributed by atoms with Crippen molar-refractivity contribution in [2.75, 3.05) is 51.2 Å². The lowest BCUT2D eigenvalue weighted by atomic mass is 10.3. The summed E-state index contributed by atoms with van der Waals surface area (Å²) in [7, 11) is 2.19. The largest absolute Gasteiger partial charge is 0.355 e. The Balaban J connectivity index is 1.86. The normalized spacial score (nSPS) is 16.6. The Kier molecular flexibility index (Phi) is 6.49. The summed E-state index contributed by atoms with van der Waals surface area (Å²) in [6, 6.07) is 2.20. The SMILES string of the molecule is CCCN(CCC)c1nc(Cl)nc2cc(CN3CCN(C)CC3)sc12. The zero-order valence-corrected chi connectivity index (χ0v) is 17.0. The second-order valence-corrected chi connectivity index (χ2v) is 8.28. The van der Waals surface area contributed by atoms with Gasteiger partial charge in [0.15, 0.2) is 5.82 Å². The molecule has 2 aromatic rings. The van der Waals surface area contributed by atoms with Gasteiger partial charge in [-0.3, -0.25) is 4.90 Å². The van der Waals surface area contributed by atoms with Crippen LogP contribution in [0.5, 0.6) is 0 Å². The van der Waals surface area contributed by atoms with E-state index in [0.29, 0.717) is 5.28 Å². The maximum atomic E-state index is 6.23. The first-order chi connectivity index (χ1) is 12.1. The lowest BCUT2D eigenvalue weighted by Crippen LogP contribution is -2.43. The highest BCUT2D eigenvalue weighted by Gasteiger charge is 2.19. The van der Waals surface area contributed by atoms with Gasteiger partial charge in [-0.15, -0.1) is 11.3 Å². The molecule has 3 heterocycles. The zero-order valence-electron chi connectivity index (χ0n) is 15.5. The van der Waals surface area contributed by atoms with Crippen molar-refractivity contribution in [1.29, 1.82) is 0 Å². The molecule has 0 aliphatic carbocycles. The van der Waals surface area contributed by atoms with Gasteiger partial charge in [0.05, 0.1) is 10.2 Å². The van der Waals surface area contributed by atoms with E-state index in [0.717, 1.165) is 70.0 Å². The number of hydrogen-bond acceptors (Lipinski definition) is 6. The van der Waals surface area contributed by atoms with Crippen molar-refractivity contribution >= 4 is 39.0 Å². The third-order valence-corrected chi connectivity index (χ3v) is 5.91. The number of nitrogens with zero attached hydrogens (tertiary/aromatic N) is 5. The lowest BCUT2D eigenvalue weighted by molar-refractivity contribution is 0.149. The van der Waals surface area contributed by atoms with Crippen LogP contribution in [0.25, 0.3) is 10.2 Å². The predicted molar refractivity (Wildman–Crippen MR) is 108 cm³/mol. The average Bonchev–Trinajstić information content (AvgIpc) is 2.98. The minimum atomic E-state index is 0.351. The van der Waals surface area contributed by atoms with E-state index in [1.54, 1.807) is 0 Å². The Morgan fingerprint density at radius 3 is 2.44 bits per heavy atom. The van der Waals surface area contributed by atoms with E-state index in [4.69, 9.17) is 11.6 Å². The van der Waals surface area contributed by atoms with E-state index in [1.807, 2.05) is 11.3 Å². The molecule has 25 heavy (non-hydrogen) atoms. The minimum absolute atomic E-state index is 0.351. The molecule has 2 aromatic heterocycles. The molecule has 1 aliphatic heterocycles. The van der Waals surface area contributed by atoms with E-state index >= 15 is 0 Å². The number of rotatable bonds is 7. The first-order valence-electron chi connectivity index (χ1n) is 9.22. The van der Waals surface area contributed by atoms with Crippen LogP contribution in [0, 0.1) is 0 Å². The molecule has 0 saturated carbocycles. The van der Waals surface area contributed by atoms with Gasteiger partial charge in [-0.2, -0.15) is 4.98 Å². The van der Waals surface area contributed by atoms with Crippen LogP contribution in [0.15, 0.2) is 6.07 Å². The second kappa shape index (κ2) is 8.62. The molecular weight excluding hydrogens is 354 g/mol. The van der Waals surface area contributed by atoms with Crippen molar-refractivity contribution in [3.63, 3.8) is 0 Å². The summed E-state index contributed by atoms with van der Waals surface area (Å²) in [5.74, 6) is 1.01. The molecule has 5 nitrogen and oxygen atoms in total. The van der Waals surface area contributed by atoms with Crippen molar-refractivity contribution in [2.45, 2.75) is 33.2 Å². The molecule has 0 amide bonds. The van der Waals surface area contributed by atoms with Crippen LogP contribution in [-0.4, -0.2) is 66.1 Å². The summed E-state index contributed by atoms with van der Waals surface area (Å²) in [5.41, 5.74) is 0.987. The molecule has 138 valence electrons. The summed E-state index contributed by atoms with van der Waals surface area (Å²) in [5, 5.41) is 0.351. The van der Waals surface area contributed by atoms with E-state index < -0.39 is 0 Å². The minimum Gasteiger partial charge on any atom is -0.355 e. The Hall–Kier alpha value is -0.950. The van der Waals surface area contributed by atoms with E-state index in [9.17, 15) is 0 Å². The van der Waals surface area contributed by atoms with Crippen molar-refractivity contribution in [3.05, 3.63) is 16.2 Å².